The highest BCUT2D eigenvalue weighted by molar-refractivity contribution is 5.95. The van der Waals surface area contributed by atoms with E-state index in [-0.39, 0.29) is 18.4 Å². The number of hydrogen-bond donors (Lipinski definition) is 1. The van der Waals surface area contributed by atoms with Crippen LogP contribution >= 0.6 is 0 Å². The zero-order chi connectivity index (χ0) is 15.4. The van der Waals surface area contributed by atoms with E-state index in [1.54, 1.807) is 13.0 Å². The standard InChI is InChI=1S/C16H18N2O3/c1-3-18(11(2)10-15(19)20)16(21)14-9-8-12-6-4-5-7-13(12)17-14/h4-9,11H,3,10H2,1-2H3,(H,19,20). The van der Waals surface area contributed by atoms with Crippen LogP contribution in [0.25, 0.3) is 10.9 Å². The number of rotatable bonds is 5. The number of amides is 1. The van der Waals surface area contributed by atoms with Crippen LogP contribution in [0, 0.1) is 0 Å². The fourth-order valence-corrected chi connectivity index (χ4v) is 2.35. The predicted molar refractivity (Wildman–Crippen MR) is 80.2 cm³/mol. The van der Waals surface area contributed by atoms with Gasteiger partial charge < -0.3 is 10.0 Å². The largest absolute Gasteiger partial charge is 0.481 e. The smallest absolute Gasteiger partial charge is 0.305 e. The molecule has 0 bridgehead atoms. The lowest BCUT2D eigenvalue weighted by Gasteiger charge is -2.26. The number of nitrogens with zero attached hydrogens (tertiary/aromatic N) is 2. The summed E-state index contributed by atoms with van der Waals surface area (Å²) in [6, 6.07) is 10.7. The Bertz CT molecular complexity index is 669. The first kappa shape index (κ1) is 15.0. The van der Waals surface area contributed by atoms with Crippen LogP contribution in [0.15, 0.2) is 36.4 Å². The van der Waals surface area contributed by atoms with E-state index in [0.29, 0.717) is 12.2 Å². The van der Waals surface area contributed by atoms with Crippen molar-refractivity contribution in [2.45, 2.75) is 26.3 Å². The number of aromatic nitrogens is 1. The van der Waals surface area contributed by atoms with Gasteiger partial charge in [-0.1, -0.05) is 24.3 Å². The number of carbonyl (C=O) groups excluding carboxylic acids is 1. The summed E-state index contributed by atoms with van der Waals surface area (Å²) >= 11 is 0. The summed E-state index contributed by atoms with van der Waals surface area (Å²) in [5.74, 6) is -1.16. The van der Waals surface area contributed by atoms with Gasteiger partial charge in [0, 0.05) is 18.0 Å². The minimum absolute atomic E-state index is 0.0762. The number of carbonyl (C=O) groups is 2. The highest BCUT2D eigenvalue weighted by Crippen LogP contribution is 2.15. The molecule has 0 radical (unpaired) electrons. The highest BCUT2D eigenvalue weighted by Gasteiger charge is 2.22. The Kier molecular flexibility index (Phi) is 4.52. The van der Waals surface area contributed by atoms with Gasteiger partial charge in [-0.15, -0.1) is 0 Å². The molecule has 0 fully saturated rings. The van der Waals surface area contributed by atoms with Crippen molar-refractivity contribution in [3.8, 4) is 0 Å². The molecular formula is C16H18N2O3. The molecule has 0 aliphatic rings. The normalized spacial score (nSPS) is 12.1. The van der Waals surface area contributed by atoms with Crippen molar-refractivity contribution in [3.05, 3.63) is 42.1 Å². The fraction of sp³-hybridized carbons (Fsp3) is 0.312. The molecule has 5 nitrogen and oxygen atoms in total. The van der Waals surface area contributed by atoms with Crippen LogP contribution in [0.4, 0.5) is 0 Å². The molecule has 1 heterocycles. The second-order valence-corrected chi connectivity index (χ2v) is 4.93. The molecule has 0 aliphatic heterocycles. The summed E-state index contributed by atoms with van der Waals surface area (Å²) in [7, 11) is 0. The summed E-state index contributed by atoms with van der Waals surface area (Å²) in [5, 5.41) is 9.84. The van der Waals surface area contributed by atoms with Gasteiger partial charge in [-0.25, -0.2) is 4.98 Å². The van der Waals surface area contributed by atoms with Crippen LogP contribution in [-0.2, 0) is 4.79 Å². The summed E-state index contributed by atoms with van der Waals surface area (Å²) in [5.41, 5.74) is 1.10. The molecule has 0 spiro atoms. The monoisotopic (exact) mass is 286 g/mol. The Labute approximate surface area is 123 Å². The third-order valence-electron chi connectivity index (χ3n) is 3.42. The van der Waals surface area contributed by atoms with E-state index in [9.17, 15) is 9.59 Å². The van der Waals surface area contributed by atoms with Crippen LogP contribution in [0.5, 0.6) is 0 Å². The lowest BCUT2D eigenvalue weighted by Crippen LogP contribution is -2.40. The third kappa shape index (κ3) is 3.37. The summed E-state index contributed by atoms with van der Waals surface area (Å²) in [4.78, 5) is 29.2. The minimum Gasteiger partial charge on any atom is -0.481 e. The molecule has 1 aromatic carbocycles. The molecule has 2 aromatic rings. The lowest BCUT2D eigenvalue weighted by molar-refractivity contribution is -0.138. The number of carboxylic acids is 1. The number of fused-ring (bicyclic) bond motifs is 1. The molecule has 110 valence electrons. The number of carboxylic acid groups (broad SMARTS) is 1. The van der Waals surface area contributed by atoms with Gasteiger partial charge in [0.1, 0.15) is 5.69 Å². The Morgan fingerprint density at radius 1 is 1.24 bits per heavy atom. The first-order chi connectivity index (χ1) is 10.0. The Balaban J connectivity index is 2.28. The quantitative estimate of drug-likeness (QED) is 0.917. The van der Waals surface area contributed by atoms with E-state index in [1.807, 2.05) is 37.3 Å². The molecule has 1 amide bonds. The lowest BCUT2D eigenvalue weighted by atomic mass is 10.1. The van der Waals surface area contributed by atoms with E-state index in [2.05, 4.69) is 4.98 Å². The zero-order valence-electron chi connectivity index (χ0n) is 12.1. The average molecular weight is 286 g/mol. The van der Waals surface area contributed by atoms with E-state index in [4.69, 9.17) is 5.11 Å². The van der Waals surface area contributed by atoms with Crippen LogP contribution in [0.3, 0.4) is 0 Å². The summed E-state index contributed by atoms with van der Waals surface area (Å²) in [6.45, 7) is 4.01. The Morgan fingerprint density at radius 2 is 1.95 bits per heavy atom. The van der Waals surface area contributed by atoms with E-state index >= 15 is 0 Å². The van der Waals surface area contributed by atoms with Gasteiger partial charge in [-0.2, -0.15) is 0 Å². The van der Waals surface area contributed by atoms with Gasteiger partial charge in [0.25, 0.3) is 5.91 Å². The van der Waals surface area contributed by atoms with E-state index < -0.39 is 5.97 Å². The van der Waals surface area contributed by atoms with Crippen molar-refractivity contribution < 1.29 is 14.7 Å². The SMILES string of the molecule is CCN(C(=O)c1ccc2ccccc2n1)C(C)CC(=O)O. The Morgan fingerprint density at radius 3 is 2.62 bits per heavy atom. The topological polar surface area (TPSA) is 70.5 Å². The average Bonchev–Trinajstić information content (AvgIpc) is 2.46. The molecule has 0 saturated carbocycles. The molecular weight excluding hydrogens is 268 g/mol. The maximum atomic E-state index is 12.5. The fourth-order valence-electron chi connectivity index (χ4n) is 2.35. The van der Waals surface area contributed by atoms with E-state index in [0.717, 1.165) is 10.9 Å². The zero-order valence-corrected chi connectivity index (χ0v) is 12.1. The summed E-state index contributed by atoms with van der Waals surface area (Å²) < 4.78 is 0. The maximum absolute atomic E-state index is 12.5. The van der Waals surface area contributed by atoms with Crippen LogP contribution in [0.1, 0.15) is 30.8 Å². The molecule has 1 atom stereocenters. The molecule has 0 saturated heterocycles. The molecule has 1 N–H and O–H groups in total. The molecule has 0 aliphatic carbocycles. The number of hydrogen-bond acceptors (Lipinski definition) is 3. The van der Waals surface area contributed by atoms with Crippen molar-refractivity contribution in [1.82, 2.24) is 9.88 Å². The van der Waals surface area contributed by atoms with Gasteiger partial charge >= 0.3 is 5.97 Å². The third-order valence-corrected chi connectivity index (χ3v) is 3.42. The van der Waals surface area contributed by atoms with Gasteiger partial charge in [0.05, 0.1) is 11.9 Å². The predicted octanol–water partition coefficient (Wildman–Crippen LogP) is 2.56. The minimum atomic E-state index is -0.916. The first-order valence-corrected chi connectivity index (χ1v) is 6.91. The van der Waals surface area contributed by atoms with Crippen LogP contribution in [-0.4, -0.2) is 39.5 Å². The molecule has 1 aromatic heterocycles. The number of benzene rings is 1. The van der Waals surface area contributed by atoms with Crippen LogP contribution in [0.2, 0.25) is 0 Å². The first-order valence-electron chi connectivity index (χ1n) is 6.91. The molecule has 21 heavy (non-hydrogen) atoms. The van der Waals surface area contributed by atoms with E-state index in [1.165, 1.54) is 4.90 Å². The number of aliphatic carboxylic acids is 1. The number of para-hydroxylation sites is 1. The van der Waals surface area contributed by atoms with Gasteiger partial charge in [0.2, 0.25) is 0 Å². The maximum Gasteiger partial charge on any atom is 0.305 e. The van der Waals surface area contributed by atoms with Gasteiger partial charge in [-0.05, 0) is 26.0 Å². The number of pyridine rings is 1. The molecule has 1 unspecified atom stereocenters. The Hall–Kier alpha value is -2.43. The second-order valence-electron chi connectivity index (χ2n) is 4.93. The van der Waals surface area contributed by atoms with Crippen molar-refractivity contribution in [2.24, 2.45) is 0 Å². The second kappa shape index (κ2) is 6.35. The van der Waals surface area contributed by atoms with Gasteiger partial charge in [0.15, 0.2) is 0 Å². The highest BCUT2D eigenvalue weighted by atomic mass is 16.4. The molecule has 5 heteroatoms. The van der Waals surface area contributed by atoms with Gasteiger partial charge in [-0.3, -0.25) is 9.59 Å². The van der Waals surface area contributed by atoms with Crippen molar-refractivity contribution >= 4 is 22.8 Å². The van der Waals surface area contributed by atoms with Crippen molar-refractivity contribution in [1.29, 1.82) is 0 Å². The summed E-state index contributed by atoms with van der Waals surface area (Å²) in [6.07, 6.45) is -0.0762. The van der Waals surface area contributed by atoms with Crippen molar-refractivity contribution in [2.75, 3.05) is 6.54 Å². The molecule has 2 rings (SSSR count). The van der Waals surface area contributed by atoms with Crippen molar-refractivity contribution in [3.63, 3.8) is 0 Å². The van der Waals surface area contributed by atoms with Crippen LogP contribution < -0.4 is 0 Å².